The number of piperazine rings is 1. The van der Waals surface area contributed by atoms with E-state index in [0.29, 0.717) is 17.6 Å². The molecule has 42 heavy (non-hydrogen) atoms. The van der Waals surface area contributed by atoms with E-state index in [4.69, 9.17) is 9.90 Å². The molecule has 2 aromatic carbocycles. The van der Waals surface area contributed by atoms with Crippen molar-refractivity contribution in [1.82, 2.24) is 4.90 Å². The van der Waals surface area contributed by atoms with Crippen LogP contribution in [-0.4, -0.2) is 73.9 Å². The van der Waals surface area contributed by atoms with E-state index in [2.05, 4.69) is 28.4 Å². The smallest absolute Gasteiger partial charge is 0.478 e. The minimum absolute atomic E-state index is 0.0552. The van der Waals surface area contributed by atoms with Gasteiger partial charge in [0.15, 0.2) is 0 Å². The molecule has 1 saturated heterocycles. The Balaban J connectivity index is 0.000000616. The highest BCUT2D eigenvalue weighted by atomic mass is 32.2. The van der Waals surface area contributed by atoms with Gasteiger partial charge in [0.1, 0.15) is 0 Å². The van der Waals surface area contributed by atoms with Gasteiger partial charge in [-0.15, -0.1) is 0 Å². The summed E-state index contributed by atoms with van der Waals surface area (Å²) in [6.45, 7) is 7.66. The average molecular weight is 614 g/mol. The second-order valence-corrected chi connectivity index (χ2v) is 12.7. The zero-order chi connectivity index (χ0) is 31.1. The predicted octanol–water partition coefficient (Wildman–Crippen LogP) is 5.47. The summed E-state index contributed by atoms with van der Waals surface area (Å²) < 4.78 is 60.9. The van der Waals surface area contributed by atoms with Crippen LogP contribution in [0.2, 0.25) is 0 Å². The first kappa shape index (κ1) is 33.2. The van der Waals surface area contributed by atoms with Crippen LogP contribution in [0, 0.1) is 5.92 Å². The van der Waals surface area contributed by atoms with E-state index < -0.39 is 28.1 Å². The Hall–Kier alpha value is -3.32. The fourth-order valence-corrected chi connectivity index (χ4v) is 6.35. The van der Waals surface area contributed by atoms with Crippen molar-refractivity contribution in [2.45, 2.75) is 69.5 Å². The molecule has 0 aromatic heterocycles. The SMILES string of the molecule is CC(C)Cc1ccc(S(=O)(=O)Nc2cc(C(=O)O)ccc2N2CCN(C3CCCCC3)CC2)cc1.O=C(O)C(F)(F)F. The van der Waals surface area contributed by atoms with Crippen molar-refractivity contribution in [2.24, 2.45) is 5.92 Å². The Bertz CT molecular complexity index is 1320. The molecule has 0 radical (unpaired) electrons. The number of carboxylic acid groups (broad SMARTS) is 2. The van der Waals surface area contributed by atoms with Gasteiger partial charge >= 0.3 is 18.1 Å². The standard InChI is InChI=1S/C27H37N3O4S.C2HF3O2/c1-20(2)18-21-8-11-24(12-9-21)35(33,34)28-25-19-22(27(31)32)10-13-26(25)30-16-14-29(15-17-30)23-6-4-3-5-7-23;3-2(4,5)1(6)7/h8-13,19-20,23,28H,3-7,14-18H2,1-2H3,(H,31,32);(H,6,7). The van der Waals surface area contributed by atoms with Crippen LogP contribution < -0.4 is 9.62 Å². The zero-order valence-electron chi connectivity index (χ0n) is 23.7. The molecule has 1 saturated carbocycles. The molecule has 1 aliphatic heterocycles. The van der Waals surface area contributed by atoms with Crippen LogP contribution >= 0.6 is 0 Å². The van der Waals surface area contributed by atoms with Crippen molar-refractivity contribution in [2.75, 3.05) is 35.8 Å². The van der Waals surface area contributed by atoms with Gasteiger partial charge in [0.05, 0.1) is 21.8 Å². The lowest BCUT2D eigenvalue weighted by molar-refractivity contribution is -0.192. The van der Waals surface area contributed by atoms with E-state index in [1.54, 1.807) is 24.3 Å². The number of nitrogens with zero attached hydrogens (tertiary/aromatic N) is 2. The molecule has 4 rings (SSSR count). The molecule has 232 valence electrons. The van der Waals surface area contributed by atoms with Crippen molar-refractivity contribution >= 4 is 33.3 Å². The summed E-state index contributed by atoms with van der Waals surface area (Å²) in [6.07, 6.45) is 2.24. The molecule has 0 amide bonds. The number of halogens is 3. The number of nitrogens with one attached hydrogen (secondary N) is 1. The molecular formula is C29H38F3N3O6S. The zero-order valence-corrected chi connectivity index (χ0v) is 24.5. The molecule has 1 heterocycles. The number of rotatable bonds is 8. The minimum atomic E-state index is -5.08. The normalized spacial score (nSPS) is 17.0. The Morgan fingerprint density at radius 2 is 1.52 bits per heavy atom. The Morgan fingerprint density at radius 1 is 0.952 bits per heavy atom. The number of benzene rings is 2. The van der Waals surface area contributed by atoms with E-state index >= 15 is 0 Å². The molecule has 3 N–H and O–H groups in total. The number of anilines is 2. The molecule has 0 spiro atoms. The summed E-state index contributed by atoms with van der Waals surface area (Å²) in [4.78, 5) is 25.4. The number of aromatic carboxylic acids is 1. The van der Waals surface area contributed by atoms with Crippen LogP contribution in [0.3, 0.4) is 0 Å². The van der Waals surface area contributed by atoms with Crippen LogP contribution in [0.15, 0.2) is 47.4 Å². The number of sulfonamides is 1. The number of carboxylic acids is 2. The summed E-state index contributed by atoms with van der Waals surface area (Å²) >= 11 is 0. The Labute approximate surface area is 244 Å². The fourth-order valence-electron chi connectivity index (χ4n) is 5.28. The van der Waals surface area contributed by atoms with Gasteiger partial charge in [-0.05, 0) is 61.1 Å². The summed E-state index contributed by atoms with van der Waals surface area (Å²) in [5.74, 6) is -3.36. The Kier molecular flexibility index (Phi) is 11.2. The van der Waals surface area contributed by atoms with Crippen molar-refractivity contribution in [3.05, 3.63) is 53.6 Å². The van der Waals surface area contributed by atoms with Gasteiger partial charge in [0, 0.05) is 32.2 Å². The van der Waals surface area contributed by atoms with Crippen molar-refractivity contribution in [3.63, 3.8) is 0 Å². The summed E-state index contributed by atoms with van der Waals surface area (Å²) in [5, 5.41) is 16.6. The molecule has 0 bridgehead atoms. The first-order valence-electron chi connectivity index (χ1n) is 14.0. The number of carbonyl (C=O) groups is 2. The molecular weight excluding hydrogens is 575 g/mol. The van der Waals surface area contributed by atoms with Crippen molar-refractivity contribution in [1.29, 1.82) is 0 Å². The van der Waals surface area contributed by atoms with Gasteiger partial charge in [0.25, 0.3) is 10.0 Å². The van der Waals surface area contributed by atoms with Crippen molar-refractivity contribution < 1.29 is 41.4 Å². The topological polar surface area (TPSA) is 127 Å². The maximum atomic E-state index is 13.2. The maximum absolute atomic E-state index is 13.2. The van der Waals surface area contributed by atoms with Crippen molar-refractivity contribution in [3.8, 4) is 0 Å². The van der Waals surface area contributed by atoms with Gasteiger partial charge in [-0.3, -0.25) is 9.62 Å². The molecule has 2 fully saturated rings. The third-order valence-corrected chi connectivity index (χ3v) is 8.74. The third-order valence-electron chi connectivity index (χ3n) is 7.35. The monoisotopic (exact) mass is 613 g/mol. The van der Waals surface area contributed by atoms with Crippen LogP contribution in [0.4, 0.5) is 24.5 Å². The summed E-state index contributed by atoms with van der Waals surface area (Å²) in [5.41, 5.74) is 2.17. The van der Waals surface area contributed by atoms with Gasteiger partial charge < -0.3 is 15.1 Å². The molecule has 1 aliphatic carbocycles. The predicted molar refractivity (Wildman–Crippen MR) is 154 cm³/mol. The molecule has 0 atom stereocenters. The third kappa shape index (κ3) is 9.35. The molecule has 13 heteroatoms. The second-order valence-electron chi connectivity index (χ2n) is 11.0. The van der Waals surface area contributed by atoms with Gasteiger partial charge in [-0.1, -0.05) is 45.2 Å². The van der Waals surface area contributed by atoms with E-state index in [9.17, 15) is 31.5 Å². The first-order chi connectivity index (χ1) is 19.7. The lowest BCUT2D eigenvalue weighted by Crippen LogP contribution is -2.51. The number of aliphatic carboxylic acids is 1. The summed E-state index contributed by atoms with van der Waals surface area (Å²) in [6, 6.07) is 12.3. The van der Waals surface area contributed by atoms with Gasteiger partial charge in [-0.2, -0.15) is 13.2 Å². The highest BCUT2D eigenvalue weighted by molar-refractivity contribution is 7.92. The van der Waals surface area contributed by atoms with Gasteiger partial charge in [-0.25, -0.2) is 18.0 Å². The first-order valence-corrected chi connectivity index (χ1v) is 15.4. The van der Waals surface area contributed by atoms with Crippen LogP contribution in [-0.2, 0) is 21.2 Å². The van der Waals surface area contributed by atoms with Gasteiger partial charge in [0.2, 0.25) is 0 Å². The molecule has 2 aromatic rings. The molecule has 9 nitrogen and oxygen atoms in total. The van der Waals surface area contributed by atoms with E-state index in [1.165, 1.54) is 38.2 Å². The van der Waals surface area contributed by atoms with Crippen LogP contribution in [0.5, 0.6) is 0 Å². The number of alkyl halides is 3. The number of hydrogen-bond donors (Lipinski definition) is 3. The molecule has 2 aliphatic rings. The lowest BCUT2D eigenvalue weighted by atomic mass is 9.94. The van der Waals surface area contributed by atoms with E-state index in [1.807, 2.05) is 12.1 Å². The average Bonchev–Trinajstić information content (AvgIpc) is 2.93. The van der Waals surface area contributed by atoms with E-state index in [0.717, 1.165) is 43.9 Å². The fraction of sp³-hybridized carbons (Fsp3) is 0.517. The molecule has 0 unspecified atom stereocenters. The highest BCUT2D eigenvalue weighted by Gasteiger charge is 2.38. The quantitative estimate of drug-likeness (QED) is 0.358. The highest BCUT2D eigenvalue weighted by Crippen LogP contribution is 2.32. The largest absolute Gasteiger partial charge is 0.490 e. The second kappa shape index (κ2) is 14.2. The van der Waals surface area contributed by atoms with Crippen LogP contribution in [0.1, 0.15) is 61.9 Å². The Morgan fingerprint density at radius 3 is 2.02 bits per heavy atom. The van der Waals surface area contributed by atoms with E-state index in [-0.39, 0.29) is 10.5 Å². The number of hydrogen-bond acceptors (Lipinski definition) is 6. The maximum Gasteiger partial charge on any atom is 0.490 e. The lowest BCUT2D eigenvalue weighted by Gasteiger charge is -2.42. The van der Waals surface area contributed by atoms with Crippen LogP contribution in [0.25, 0.3) is 0 Å². The summed E-state index contributed by atoms with van der Waals surface area (Å²) in [7, 11) is -3.87. The minimum Gasteiger partial charge on any atom is -0.478 e.